The van der Waals surface area contributed by atoms with Gasteiger partial charge in [-0.3, -0.25) is 0 Å². The average molecular weight is 430 g/mol. The quantitative estimate of drug-likeness (QED) is 0.360. The van der Waals surface area contributed by atoms with Crippen LogP contribution in [-0.2, 0) is 6.54 Å². The summed E-state index contributed by atoms with van der Waals surface area (Å²) in [6.45, 7) is 0.543. The fourth-order valence-electron chi connectivity index (χ4n) is 2.80. The molecule has 4 nitrogen and oxygen atoms in total. The van der Waals surface area contributed by atoms with Crippen molar-refractivity contribution in [1.29, 1.82) is 0 Å². The molecule has 0 saturated heterocycles. The van der Waals surface area contributed by atoms with E-state index in [0.29, 0.717) is 39.1 Å². The van der Waals surface area contributed by atoms with E-state index < -0.39 is 0 Å². The molecular formula is C21H15Cl3N4. The number of aromatic nitrogens is 2. The molecule has 7 heteroatoms. The Hall–Kier alpha value is -2.53. The van der Waals surface area contributed by atoms with Gasteiger partial charge in [0.25, 0.3) is 0 Å². The lowest BCUT2D eigenvalue weighted by molar-refractivity contribution is 1.10. The van der Waals surface area contributed by atoms with Crippen LogP contribution in [-0.4, -0.2) is 9.97 Å². The van der Waals surface area contributed by atoms with Crippen LogP contribution in [0.15, 0.2) is 66.7 Å². The summed E-state index contributed by atoms with van der Waals surface area (Å²) in [6, 6.07) is 20.7. The van der Waals surface area contributed by atoms with Gasteiger partial charge >= 0.3 is 0 Å². The Bertz CT molecular complexity index is 1150. The van der Waals surface area contributed by atoms with Crippen molar-refractivity contribution in [2.24, 2.45) is 0 Å². The molecule has 0 unspecified atom stereocenters. The molecule has 1 heterocycles. The Morgan fingerprint density at radius 1 is 0.786 bits per heavy atom. The monoisotopic (exact) mass is 428 g/mol. The molecule has 0 atom stereocenters. The fourth-order valence-corrected chi connectivity index (χ4v) is 3.46. The summed E-state index contributed by atoms with van der Waals surface area (Å²) in [5.74, 6) is 1.14. The van der Waals surface area contributed by atoms with Gasteiger partial charge < -0.3 is 10.6 Å². The molecule has 4 aromatic rings. The smallest absolute Gasteiger partial charge is 0.229 e. The molecule has 140 valence electrons. The summed E-state index contributed by atoms with van der Waals surface area (Å²) < 4.78 is 0. The first-order chi connectivity index (χ1) is 13.6. The van der Waals surface area contributed by atoms with E-state index in [1.807, 2.05) is 48.5 Å². The van der Waals surface area contributed by atoms with Crippen molar-refractivity contribution in [2.45, 2.75) is 6.54 Å². The highest BCUT2D eigenvalue weighted by molar-refractivity contribution is 6.36. The van der Waals surface area contributed by atoms with Crippen LogP contribution in [0.4, 0.5) is 17.5 Å². The van der Waals surface area contributed by atoms with Crippen molar-refractivity contribution in [3.05, 3.63) is 87.4 Å². The van der Waals surface area contributed by atoms with E-state index in [-0.39, 0.29) is 0 Å². The molecule has 28 heavy (non-hydrogen) atoms. The normalized spacial score (nSPS) is 10.8. The van der Waals surface area contributed by atoms with Crippen molar-refractivity contribution >= 4 is 63.2 Å². The zero-order chi connectivity index (χ0) is 19.5. The molecule has 4 rings (SSSR count). The Kier molecular flexibility index (Phi) is 5.53. The Labute approximate surface area is 177 Å². The van der Waals surface area contributed by atoms with Crippen LogP contribution in [0.5, 0.6) is 0 Å². The number of benzene rings is 3. The van der Waals surface area contributed by atoms with E-state index >= 15 is 0 Å². The van der Waals surface area contributed by atoms with Crippen molar-refractivity contribution in [3.8, 4) is 0 Å². The van der Waals surface area contributed by atoms with Crippen LogP contribution >= 0.6 is 34.8 Å². The van der Waals surface area contributed by atoms with Gasteiger partial charge in [-0.25, -0.2) is 4.98 Å². The summed E-state index contributed by atoms with van der Waals surface area (Å²) in [4.78, 5) is 9.22. The second-order valence-corrected chi connectivity index (χ2v) is 7.36. The predicted molar refractivity (Wildman–Crippen MR) is 118 cm³/mol. The first-order valence-electron chi connectivity index (χ1n) is 8.56. The van der Waals surface area contributed by atoms with Crippen molar-refractivity contribution in [3.63, 3.8) is 0 Å². The molecule has 0 aliphatic rings. The van der Waals surface area contributed by atoms with E-state index in [1.54, 1.807) is 18.2 Å². The van der Waals surface area contributed by atoms with Gasteiger partial charge in [0.15, 0.2) is 0 Å². The standard InChI is InChI=1S/C21H15Cl3N4/c22-14-9-10-19(17(24)11-14)27-21-26-18-8-4-2-6-15(18)20(28-21)25-12-13-5-1-3-7-16(13)23/h1-11H,12H2,(H2,25,26,27,28). The van der Waals surface area contributed by atoms with Gasteiger partial charge in [-0.15, -0.1) is 0 Å². The maximum atomic E-state index is 6.27. The number of nitrogens with zero attached hydrogens (tertiary/aromatic N) is 2. The van der Waals surface area contributed by atoms with Gasteiger partial charge in [0.05, 0.1) is 16.2 Å². The van der Waals surface area contributed by atoms with Crippen molar-refractivity contribution in [1.82, 2.24) is 9.97 Å². The number of anilines is 3. The molecule has 3 aromatic carbocycles. The lowest BCUT2D eigenvalue weighted by Crippen LogP contribution is -2.06. The van der Waals surface area contributed by atoms with Gasteiger partial charge in [-0.2, -0.15) is 4.98 Å². The molecule has 0 bridgehead atoms. The van der Waals surface area contributed by atoms with E-state index in [0.717, 1.165) is 16.5 Å². The van der Waals surface area contributed by atoms with Gasteiger partial charge in [0.1, 0.15) is 5.82 Å². The van der Waals surface area contributed by atoms with Crippen LogP contribution in [0.25, 0.3) is 10.9 Å². The third-order valence-electron chi connectivity index (χ3n) is 4.18. The maximum absolute atomic E-state index is 6.27. The third kappa shape index (κ3) is 4.14. The lowest BCUT2D eigenvalue weighted by Gasteiger charge is -2.13. The Balaban J connectivity index is 1.68. The van der Waals surface area contributed by atoms with Crippen LogP contribution in [0, 0.1) is 0 Å². The summed E-state index contributed by atoms with van der Waals surface area (Å²) >= 11 is 18.5. The number of rotatable bonds is 5. The number of fused-ring (bicyclic) bond motifs is 1. The summed E-state index contributed by atoms with van der Waals surface area (Å²) in [7, 11) is 0. The number of hydrogen-bond acceptors (Lipinski definition) is 4. The largest absolute Gasteiger partial charge is 0.365 e. The van der Waals surface area contributed by atoms with Crippen LogP contribution in [0.1, 0.15) is 5.56 Å². The molecule has 0 amide bonds. The first kappa shape index (κ1) is 18.8. The van der Waals surface area contributed by atoms with Crippen molar-refractivity contribution in [2.75, 3.05) is 10.6 Å². The number of para-hydroxylation sites is 1. The molecule has 0 radical (unpaired) electrons. The zero-order valence-corrected chi connectivity index (χ0v) is 16.9. The first-order valence-corrected chi connectivity index (χ1v) is 9.70. The minimum Gasteiger partial charge on any atom is -0.365 e. The van der Waals surface area contributed by atoms with Crippen LogP contribution in [0.3, 0.4) is 0 Å². The molecule has 0 aliphatic heterocycles. The molecule has 0 fully saturated rings. The summed E-state index contributed by atoms with van der Waals surface area (Å²) in [5.41, 5.74) is 2.48. The van der Waals surface area contributed by atoms with Gasteiger partial charge in [-0.1, -0.05) is 65.1 Å². The fraction of sp³-hybridized carbons (Fsp3) is 0.0476. The van der Waals surface area contributed by atoms with Gasteiger partial charge in [-0.05, 0) is 42.0 Å². The highest BCUT2D eigenvalue weighted by Crippen LogP contribution is 2.29. The third-order valence-corrected chi connectivity index (χ3v) is 5.10. The van der Waals surface area contributed by atoms with E-state index in [2.05, 4.69) is 20.6 Å². The minimum atomic E-state index is 0.435. The maximum Gasteiger partial charge on any atom is 0.229 e. The predicted octanol–water partition coefficient (Wildman–Crippen LogP) is 6.95. The Morgan fingerprint density at radius 3 is 2.39 bits per heavy atom. The highest BCUT2D eigenvalue weighted by Gasteiger charge is 2.10. The summed E-state index contributed by atoms with van der Waals surface area (Å²) in [6.07, 6.45) is 0. The number of halogens is 3. The lowest BCUT2D eigenvalue weighted by atomic mass is 10.2. The Morgan fingerprint density at radius 2 is 1.57 bits per heavy atom. The number of hydrogen-bond donors (Lipinski definition) is 2. The van der Waals surface area contributed by atoms with E-state index in [9.17, 15) is 0 Å². The highest BCUT2D eigenvalue weighted by atomic mass is 35.5. The molecule has 2 N–H and O–H groups in total. The van der Waals surface area contributed by atoms with Gasteiger partial charge in [0, 0.05) is 22.0 Å². The topological polar surface area (TPSA) is 49.8 Å². The van der Waals surface area contributed by atoms with Crippen LogP contribution < -0.4 is 10.6 Å². The van der Waals surface area contributed by atoms with Gasteiger partial charge in [0.2, 0.25) is 5.95 Å². The number of nitrogens with one attached hydrogen (secondary N) is 2. The molecule has 0 saturated carbocycles. The van der Waals surface area contributed by atoms with Crippen molar-refractivity contribution < 1.29 is 0 Å². The second-order valence-electron chi connectivity index (χ2n) is 6.11. The summed E-state index contributed by atoms with van der Waals surface area (Å²) in [5, 5.41) is 9.22. The zero-order valence-electron chi connectivity index (χ0n) is 14.6. The van der Waals surface area contributed by atoms with E-state index in [4.69, 9.17) is 34.8 Å². The second kappa shape index (κ2) is 8.23. The average Bonchev–Trinajstić information content (AvgIpc) is 2.69. The van der Waals surface area contributed by atoms with E-state index in [1.165, 1.54) is 0 Å². The molecule has 1 aromatic heterocycles. The van der Waals surface area contributed by atoms with Crippen LogP contribution in [0.2, 0.25) is 15.1 Å². The molecule has 0 aliphatic carbocycles. The SMILES string of the molecule is Clc1ccc(Nc2nc(NCc3ccccc3Cl)c3ccccc3n2)c(Cl)c1. The minimum absolute atomic E-state index is 0.435. The molecule has 0 spiro atoms. The molecular weight excluding hydrogens is 415 g/mol.